The molecule has 0 saturated heterocycles. The van der Waals surface area contributed by atoms with Gasteiger partial charge in [-0.25, -0.2) is 4.39 Å². The summed E-state index contributed by atoms with van der Waals surface area (Å²) in [5.41, 5.74) is 4.53. The van der Waals surface area contributed by atoms with Crippen LogP contribution in [0.15, 0.2) is 64.8 Å². The number of aliphatic imine (C=N–C) groups is 1. The molecular formula is C22H16FNO2. The molecule has 2 atom stereocenters. The second-order valence-corrected chi connectivity index (χ2v) is 7.05. The highest BCUT2D eigenvalue weighted by Crippen LogP contribution is 2.48. The Kier molecular flexibility index (Phi) is 3.29. The van der Waals surface area contributed by atoms with Crippen molar-refractivity contribution < 1.29 is 14.0 Å². The third-order valence-electron chi connectivity index (χ3n) is 5.60. The number of hydrogen-bond donors (Lipinski definition) is 0. The Morgan fingerprint density at radius 1 is 0.885 bits per heavy atom. The molecule has 128 valence electrons. The zero-order chi connectivity index (χ0) is 17.8. The van der Waals surface area contributed by atoms with Crippen LogP contribution in [0.3, 0.4) is 0 Å². The first kappa shape index (κ1) is 15.4. The number of ketones is 2. The number of fused-ring (bicyclic) bond motifs is 3. The standard InChI is InChI=1S/C22H16FNO2/c23-13-10-8-12(9-11-13)18-19-16(6-3-7-17(19)25)24-21-14-4-1-2-5-15(14)22(26)20(18)21/h1-2,4-5,8-11,18,20H,3,6-7H2/t18-,20+/m1/s1. The second-order valence-electron chi connectivity index (χ2n) is 7.05. The van der Waals surface area contributed by atoms with Crippen LogP contribution >= 0.6 is 0 Å². The summed E-state index contributed by atoms with van der Waals surface area (Å²) in [7, 11) is 0. The number of allylic oxidation sites excluding steroid dienone is 2. The average Bonchev–Trinajstić information content (AvgIpc) is 2.94. The summed E-state index contributed by atoms with van der Waals surface area (Å²) in [5, 5.41) is 0. The highest BCUT2D eigenvalue weighted by molar-refractivity contribution is 6.30. The van der Waals surface area contributed by atoms with Crippen molar-refractivity contribution in [2.75, 3.05) is 0 Å². The quantitative estimate of drug-likeness (QED) is 0.776. The molecule has 0 unspecified atom stereocenters. The van der Waals surface area contributed by atoms with Crippen molar-refractivity contribution in [1.29, 1.82) is 0 Å². The molecule has 2 aromatic rings. The average molecular weight is 345 g/mol. The Bertz CT molecular complexity index is 1020. The molecule has 1 heterocycles. The van der Waals surface area contributed by atoms with E-state index in [1.165, 1.54) is 12.1 Å². The molecule has 0 aromatic heterocycles. The Morgan fingerprint density at radius 2 is 1.62 bits per heavy atom. The minimum atomic E-state index is -0.501. The lowest BCUT2D eigenvalue weighted by Gasteiger charge is -2.33. The van der Waals surface area contributed by atoms with Gasteiger partial charge in [0.25, 0.3) is 0 Å². The van der Waals surface area contributed by atoms with Crippen molar-refractivity contribution in [3.8, 4) is 0 Å². The van der Waals surface area contributed by atoms with Crippen molar-refractivity contribution >= 4 is 17.3 Å². The van der Waals surface area contributed by atoms with E-state index in [9.17, 15) is 14.0 Å². The van der Waals surface area contributed by atoms with Gasteiger partial charge in [0, 0.05) is 34.7 Å². The summed E-state index contributed by atoms with van der Waals surface area (Å²) in [6.45, 7) is 0. The molecule has 3 aliphatic rings. The lowest BCUT2D eigenvalue weighted by atomic mass is 9.71. The van der Waals surface area contributed by atoms with E-state index in [0.717, 1.165) is 35.4 Å². The van der Waals surface area contributed by atoms with Gasteiger partial charge in [-0.05, 0) is 30.5 Å². The number of Topliss-reactive ketones (excluding diaryl/α,β-unsaturated/α-hetero) is 2. The van der Waals surface area contributed by atoms with Crippen LogP contribution < -0.4 is 0 Å². The summed E-state index contributed by atoms with van der Waals surface area (Å²) in [6, 6.07) is 13.6. The number of nitrogens with zero attached hydrogens (tertiary/aromatic N) is 1. The predicted octanol–water partition coefficient (Wildman–Crippen LogP) is 4.23. The van der Waals surface area contributed by atoms with Crippen molar-refractivity contribution in [2.45, 2.75) is 25.2 Å². The zero-order valence-corrected chi connectivity index (χ0v) is 14.0. The van der Waals surface area contributed by atoms with E-state index in [1.807, 2.05) is 24.3 Å². The summed E-state index contributed by atoms with van der Waals surface area (Å²) in [5.74, 6) is -1.15. The third kappa shape index (κ3) is 2.08. The molecule has 0 fully saturated rings. The van der Waals surface area contributed by atoms with E-state index >= 15 is 0 Å². The van der Waals surface area contributed by atoms with Crippen LogP contribution in [0.5, 0.6) is 0 Å². The van der Waals surface area contributed by atoms with Crippen molar-refractivity contribution in [3.05, 3.63) is 82.3 Å². The van der Waals surface area contributed by atoms with Crippen molar-refractivity contribution in [3.63, 3.8) is 0 Å². The molecule has 2 aromatic carbocycles. The minimum absolute atomic E-state index is 0.00130. The molecule has 0 spiro atoms. The SMILES string of the molecule is O=C1CCCC2=C1[C@@H](c1ccc(F)cc1)[C@@H]1C(=O)c3ccccc3C1=N2. The summed E-state index contributed by atoms with van der Waals surface area (Å²) in [6.07, 6.45) is 2.01. The maximum Gasteiger partial charge on any atom is 0.173 e. The Labute approximate surface area is 150 Å². The molecule has 5 rings (SSSR count). The molecule has 0 amide bonds. The number of rotatable bonds is 1. The molecule has 1 aliphatic heterocycles. The number of halogens is 1. The third-order valence-corrected chi connectivity index (χ3v) is 5.60. The van der Waals surface area contributed by atoms with Crippen LogP contribution in [0, 0.1) is 11.7 Å². The monoisotopic (exact) mass is 345 g/mol. The topological polar surface area (TPSA) is 46.5 Å². The van der Waals surface area contributed by atoms with Gasteiger partial charge in [-0.1, -0.05) is 36.4 Å². The highest BCUT2D eigenvalue weighted by Gasteiger charge is 2.48. The smallest absolute Gasteiger partial charge is 0.173 e. The number of hydrogen-bond acceptors (Lipinski definition) is 3. The largest absolute Gasteiger partial charge is 0.294 e. The molecule has 26 heavy (non-hydrogen) atoms. The van der Waals surface area contributed by atoms with E-state index in [1.54, 1.807) is 12.1 Å². The normalized spacial score (nSPS) is 24.1. The van der Waals surface area contributed by atoms with Gasteiger partial charge in [-0.15, -0.1) is 0 Å². The summed E-state index contributed by atoms with van der Waals surface area (Å²) in [4.78, 5) is 30.7. The maximum absolute atomic E-state index is 13.5. The van der Waals surface area contributed by atoms with E-state index in [2.05, 4.69) is 0 Å². The van der Waals surface area contributed by atoms with Gasteiger partial charge in [0.05, 0.1) is 11.6 Å². The number of carbonyl (C=O) groups excluding carboxylic acids is 2. The lowest BCUT2D eigenvalue weighted by Crippen LogP contribution is -2.33. The Balaban J connectivity index is 1.76. The molecule has 3 nitrogen and oxygen atoms in total. The molecule has 4 heteroatoms. The van der Waals surface area contributed by atoms with E-state index in [0.29, 0.717) is 17.6 Å². The predicted molar refractivity (Wildman–Crippen MR) is 95.8 cm³/mol. The molecule has 0 radical (unpaired) electrons. The van der Waals surface area contributed by atoms with E-state index in [4.69, 9.17) is 4.99 Å². The molecule has 0 N–H and O–H groups in total. The van der Waals surface area contributed by atoms with Crippen LogP contribution in [-0.2, 0) is 4.79 Å². The minimum Gasteiger partial charge on any atom is -0.294 e. The lowest BCUT2D eigenvalue weighted by molar-refractivity contribution is -0.116. The van der Waals surface area contributed by atoms with Gasteiger partial charge in [-0.3, -0.25) is 14.6 Å². The van der Waals surface area contributed by atoms with Crippen LogP contribution in [0.1, 0.15) is 46.7 Å². The number of carbonyl (C=O) groups is 2. The van der Waals surface area contributed by atoms with Crippen LogP contribution in [0.25, 0.3) is 0 Å². The Hall–Kier alpha value is -2.88. The van der Waals surface area contributed by atoms with Crippen LogP contribution in [0.4, 0.5) is 4.39 Å². The summed E-state index contributed by atoms with van der Waals surface area (Å²) >= 11 is 0. The molecule has 0 bridgehead atoms. The van der Waals surface area contributed by atoms with Crippen molar-refractivity contribution in [2.24, 2.45) is 10.9 Å². The van der Waals surface area contributed by atoms with E-state index in [-0.39, 0.29) is 23.3 Å². The fraction of sp³-hybridized carbons (Fsp3) is 0.227. The van der Waals surface area contributed by atoms with Crippen LogP contribution in [0.2, 0.25) is 0 Å². The number of benzene rings is 2. The summed E-state index contributed by atoms with van der Waals surface area (Å²) < 4.78 is 13.5. The Morgan fingerprint density at radius 3 is 2.38 bits per heavy atom. The molecule has 0 saturated carbocycles. The molecule has 2 aliphatic carbocycles. The first-order valence-corrected chi connectivity index (χ1v) is 8.89. The van der Waals surface area contributed by atoms with Gasteiger partial charge >= 0.3 is 0 Å². The van der Waals surface area contributed by atoms with Gasteiger partial charge in [0.1, 0.15) is 5.82 Å². The van der Waals surface area contributed by atoms with Crippen LogP contribution in [-0.4, -0.2) is 17.3 Å². The van der Waals surface area contributed by atoms with E-state index < -0.39 is 5.92 Å². The van der Waals surface area contributed by atoms with Gasteiger partial charge in [-0.2, -0.15) is 0 Å². The first-order chi connectivity index (χ1) is 12.6. The van der Waals surface area contributed by atoms with Gasteiger partial charge < -0.3 is 0 Å². The zero-order valence-electron chi connectivity index (χ0n) is 14.0. The molecular weight excluding hydrogens is 329 g/mol. The maximum atomic E-state index is 13.5. The van der Waals surface area contributed by atoms with Gasteiger partial charge in [0.15, 0.2) is 11.6 Å². The highest BCUT2D eigenvalue weighted by atomic mass is 19.1. The second kappa shape index (κ2) is 5.56. The fourth-order valence-corrected chi connectivity index (χ4v) is 4.48. The first-order valence-electron chi connectivity index (χ1n) is 8.89. The fourth-order valence-electron chi connectivity index (χ4n) is 4.48. The van der Waals surface area contributed by atoms with Gasteiger partial charge in [0.2, 0.25) is 0 Å². The van der Waals surface area contributed by atoms with Crippen molar-refractivity contribution in [1.82, 2.24) is 0 Å².